The Labute approximate surface area is 276 Å². The molecule has 240 valence electrons. The number of aromatic hydroxyl groups is 1. The van der Waals surface area contributed by atoms with Crippen molar-refractivity contribution in [1.82, 2.24) is 4.90 Å². The largest absolute Gasteiger partial charge is 0.507 e. The molecule has 4 aliphatic rings. The Morgan fingerprint density at radius 2 is 1.68 bits per heavy atom. The maximum absolute atomic E-state index is 15.2. The number of phenols is 1. The summed E-state index contributed by atoms with van der Waals surface area (Å²) in [7, 11) is 0. The SMILES string of the molecule is Cc1cccc(C2C3=CCC4C(=O)N(CCCC(=O)O)C(=O)C4C3CC3C(=O)N(c4cccc(Cl)c4)C(=O)C32c2ccccc2)c1O. The molecule has 3 aromatic rings. The van der Waals surface area contributed by atoms with E-state index in [9.17, 15) is 24.3 Å². The topological polar surface area (TPSA) is 132 Å². The van der Waals surface area contributed by atoms with Gasteiger partial charge in [0.05, 0.1) is 28.9 Å². The minimum Gasteiger partial charge on any atom is -0.507 e. The number of aryl methyl sites for hydroxylation is 1. The number of aliphatic carboxylic acids is 1. The second kappa shape index (κ2) is 11.5. The quantitative estimate of drug-likeness (QED) is 0.259. The van der Waals surface area contributed by atoms with Crippen molar-refractivity contribution in [2.75, 3.05) is 11.4 Å². The lowest BCUT2D eigenvalue weighted by Gasteiger charge is -2.50. The highest BCUT2D eigenvalue weighted by Crippen LogP contribution is 2.65. The molecule has 4 amide bonds. The van der Waals surface area contributed by atoms with Crippen LogP contribution < -0.4 is 4.90 Å². The van der Waals surface area contributed by atoms with Gasteiger partial charge in [0, 0.05) is 29.5 Å². The molecule has 0 bridgehead atoms. The number of anilines is 1. The number of benzene rings is 3. The van der Waals surface area contributed by atoms with Gasteiger partial charge in [0.2, 0.25) is 23.6 Å². The molecule has 2 aliphatic carbocycles. The van der Waals surface area contributed by atoms with Crippen molar-refractivity contribution in [3.63, 3.8) is 0 Å². The number of phenolic OH excluding ortho intramolecular Hbond substituents is 1. The Balaban J connectivity index is 1.44. The second-order valence-corrected chi connectivity index (χ2v) is 13.4. The molecule has 0 spiro atoms. The maximum Gasteiger partial charge on any atom is 0.303 e. The third-order valence-corrected chi connectivity index (χ3v) is 10.8. The van der Waals surface area contributed by atoms with Gasteiger partial charge < -0.3 is 10.2 Å². The summed E-state index contributed by atoms with van der Waals surface area (Å²) in [6, 6.07) is 21.0. The van der Waals surface area contributed by atoms with Crippen molar-refractivity contribution >= 4 is 46.9 Å². The summed E-state index contributed by atoms with van der Waals surface area (Å²) >= 11 is 6.35. The maximum atomic E-state index is 15.2. The number of hydrogen-bond donors (Lipinski definition) is 2. The lowest BCUT2D eigenvalue weighted by Crippen LogP contribution is -2.53. The van der Waals surface area contributed by atoms with E-state index in [0.29, 0.717) is 27.4 Å². The van der Waals surface area contributed by atoms with E-state index in [2.05, 4.69) is 0 Å². The molecule has 7 rings (SSSR count). The summed E-state index contributed by atoms with van der Waals surface area (Å²) in [5.74, 6) is -6.40. The summed E-state index contributed by atoms with van der Waals surface area (Å²) in [5.41, 5.74) is 1.28. The molecule has 3 aromatic carbocycles. The number of allylic oxidation sites excluding steroid dienone is 2. The van der Waals surface area contributed by atoms with Crippen LogP contribution in [0, 0.1) is 30.6 Å². The van der Waals surface area contributed by atoms with Gasteiger partial charge in [-0.2, -0.15) is 0 Å². The third-order valence-electron chi connectivity index (χ3n) is 10.6. The molecular formula is C37H33ClN2O7. The number of fused-ring (bicyclic) bond motifs is 4. The number of rotatable bonds is 7. The number of nitrogens with zero attached hydrogens (tertiary/aromatic N) is 2. The van der Waals surface area contributed by atoms with E-state index in [4.69, 9.17) is 16.7 Å². The summed E-state index contributed by atoms with van der Waals surface area (Å²) in [6.45, 7) is 1.77. The van der Waals surface area contributed by atoms with Gasteiger partial charge in [-0.15, -0.1) is 0 Å². The number of carboxylic acid groups (broad SMARTS) is 1. The van der Waals surface area contributed by atoms with Crippen molar-refractivity contribution in [2.45, 2.75) is 43.9 Å². The van der Waals surface area contributed by atoms with Gasteiger partial charge in [-0.1, -0.05) is 77.8 Å². The van der Waals surface area contributed by atoms with Crippen LogP contribution in [-0.4, -0.2) is 51.3 Å². The van der Waals surface area contributed by atoms with Crippen LogP contribution in [0.5, 0.6) is 5.75 Å². The van der Waals surface area contributed by atoms with Crippen LogP contribution in [0.1, 0.15) is 48.3 Å². The molecule has 47 heavy (non-hydrogen) atoms. The molecule has 6 atom stereocenters. The van der Waals surface area contributed by atoms with Gasteiger partial charge in [0.1, 0.15) is 5.75 Å². The van der Waals surface area contributed by atoms with Gasteiger partial charge in [-0.05, 0) is 61.4 Å². The van der Waals surface area contributed by atoms with Gasteiger partial charge in [-0.3, -0.25) is 28.9 Å². The average molecular weight is 653 g/mol. The number of para-hydroxylation sites is 1. The van der Waals surface area contributed by atoms with E-state index in [-0.39, 0.29) is 49.8 Å². The van der Waals surface area contributed by atoms with Gasteiger partial charge in [0.25, 0.3) is 0 Å². The van der Waals surface area contributed by atoms with Crippen molar-refractivity contribution in [1.29, 1.82) is 0 Å². The molecule has 0 radical (unpaired) electrons. The van der Waals surface area contributed by atoms with E-state index in [0.717, 1.165) is 5.57 Å². The number of carbonyl (C=O) groups is 5. The highest BCUT2D eigenvalue weighted by molar-refractivity contribution is 6.32. The van der Waals surface area contributed by atoms with E-state index >= 15 is 4.79 Å². The smallest absolute Gasteiger partial charge is 0.303 e. The van der Waals surface area contributed by atoms with E-state index in [1.165, 1.54) is 9.80 Å². The predicted octanol–water partition coefficient (Wildman–Crippen LogP) is 5.38. The molecule has 9 nitrogen and oxygen atoms in total. The highest BCUT2D eigenvalue weighted by atomic mass is 35.5. The lowest BCUT2D eigenvalue weighted by molar-refractivity contribution is -0.142. The normalized spacial score (nSPS) is 28.2. The Bertz CT molecular complexity index is 1870. The molecule has 0 aromatic heterocycles. The summed E-state index contributed by atoms with van der Waals surface area (Å²) in [5, 5.41) is 21.1. The molecule has 3 fully saturated rings. The van der Waals surface area contributed by atoms with Crippen LogP contribution in [0.15, 0.2) is 84.4 Å². The molecular weight excluding hydrogens is 620 g/mol. The molecule has 1 saturated carbocycles. The summed E-state index contributed by atoms with van der Waals surface area (Å²) in [6.07, 6.45) is 2.28. The fourth-order valence-electron chi connectivity index (χ4n) is 8.68. The number of likely N-dealkylation sites (tertiary alicyclic amines) is 1. The van der Waals surface area contributed by atoms with Gasteiger partial charge in [-0.25, -0.2) is 4.90 Å². The standard InChI is InChI=1S/C37H33ClN2O7/c1-20-8-5-13-26(32(20)43)31-24-15-16-25-30(35(46)39(33(25)44)17-7-14-29(41)42)27(24)19-28-34(45)40(23-12-6-11-22(38)18-23)36(47)37(28,31)21-9-3-2-4-10-21/h2-6,8-13,15,18,25,27-28,30-31,43H,7,14,16-17,19H2,1H3,(H,41,42). The molecule has 10 heteroatoms. The van der Waals surface area contributed by atoms with E-state index < -0.39 is 52.8 Å². The van der Waals surface area contributed by atoms with E-state index in [1.807, 2.05) is 36.4 Å². The van der Waals surface area contributed by atoms with Crippen LogP contribution in [0.25, 0.3) is 0 Å². The van der Waals surface area contributed by atoms with Crippen molar-refractivity contribution in [3.8, 4) is 5.75 Å². The first-order valence-corrected chi connectivity index (χ1v) is 16.2. The highest BCUT2D eigenvalue weighted by Gasteiger charge is 2.70. The summed E-state index contributed by atoms with van der Waals surface area (Å²) < 4.78 is 0. The predicted molar refractivity (Wildman–Crippen MR) is 173 cm³/mol. The Morgan fingerprint density at radius 1 is 0.936 bits per heavy atom. The van der Waals surface area contributed by atoms with Crippen LogP contribution in [0.4, 0.5) is 5.69 Å². The zero-order chi connectivity index (χ0) is 33.2. The first kappa shape index (κ1) is 30.9. The van der Waals surface area contributed by atoms with Crippen LogP contribution >= 0.6 is 11.6 Å². The second-order valence-electron chi connectivity index (χ2n) is 12.9. The molecule has 2 aliphatic heterocycles. The lowest BCUT2D eigenvalue weighted by atomic mass is 9.49. The van der Waals surface area contributed by atoms with Crippen LogP contribution in [0.2, 0.25) is 5.02 Å². The number of carbonyl (C=O) groups excluding carboxylic acids is 4. The molecule has 2 N–H and O–H groups in total. The van der Waals surface area contributed by atoms with Crippen LogP contribution in [-0.2, 0) is 29.4 Å². The van der Waals surface area contributed by atoms with Crippen molar-refractivity contribution < 1.29 is 34.2 Å². The number of amides is 4. The van der Waals surface area contributed by atoms with Gasteiger partial charge >= 0.3 is 5.97 Å². The average Bonchev–Trinajstić information content (AvgIpc) is 3.43. The molecule has 6 unspecified atom stereocenters. The zero-order valence-corrected chi connectivity index (χ0v) is 26.4. The minimum absolute atomic E-state index is 0.000746. The van der Waals surface area contributed by atoms with E-state index in [1.54, 1.807) is 49.4 Å². The Hall–Kier alpha value is -4.76. The monoisotopic (exact) mass is 652 g/mol. The van der Waals surface area contributed by atoms with Gasteiger partial charge in [0.15, 0.2) is 0 Å². The fraction of sp³-hybridized carbons (Fsp3) is 0.324. The zero-order valence-electron chi connectivity index (χ0n) is 25.6. The number of hydrogen-bond acceptors (Lipinski definition) is 6. The minimum atomic E-state index is -1.48. The Morgan fingerprint density at radius 3 is 2.40 bits per heavy atom. The number of imide groups is 2. The Kier molecular flexibility index (Phi) is 7.55. The molecule has 2 heterocycles. The fourth-order valence-corrected chi connectivity index (χ4v) is 8.86. The first-order chi connectivity index (χ1) is 22.6. The third kappa shape index (κ3) is 4.54. The van der Waals surface area contributed by atoms with Crippen molar-refractivity contribution in [3.05, 3.63) is 106 Å². The summed E-state index contributed by atoms with van der Waals surface area (Å²) in [4.78, 5) is 71.1. The number of halogens is 1. The van der Waals surface area contributed by atoms with Crippen LogP contribution in [0.3, 0.4) is 0 Å². The molecule has 2 saturated heterocycles. The number of carboxylic acids is 1. The van der Waals surface area contributed by atoms with Crippen molar-refractivity contribution in [2.24, 2.45) is 23.7 Å². The first-order valence-electron chi connectivity index (χ1n) is 15.8.